The van der Waals surface area contributed by atoms with Crippen molar-refractivity contribution in [2.75, 3.05) is 0 Å². The van der Waals surface area contributed by atoms with E-state index in [-0.39, 0.29) is 12.3 Å². The average Bonchev–Trinajstić information content (AvgIpc) is 2.81. The van der Waals surface area contributed by atoms with Crippen LogP contribution in [0.1, 0.15) is 30.3 Å². The molecule has 1 fully saturated rings. The van der Waals surface area contributed by atoms with Crippen LogP contribution in [-0.2, 0) is 11.2 Å². The van der Waals surface area contributed by atoms with Crippen LogP contribution >= 0.6 is 0 Å². The Labute approximate surface area is 75.9 Å². The zero-order valence-corrected chi connectivity index (χ0v) is 7.53. The van der Waals surface area contributed by atoms with Crippen molar-refractivity contribution in [3.8, 4) is 0 Å². The van der Waals surface area contributed by atoms with Gasteiger partial charge in [0.1, 0.15) is 0 Å². The minimum Gasteiger partial charge on any atom is -0.369 e. The summed E-state index contributed by atoms with van der Waals surface area (Å²) in [6.07, 6.45) is 2.53. The number of primary amides is 1. The normalized spacial score (nSPS) is 16.1. The summed E-state index contributed by atoms with van der Waals surface area (Å²) in [7, 11) is 0. The van der Waals surface area contributed by atoms with Gasteiger partial charge in [0.15, 0.2) is 0 Å². The van der Waals surface area contributed by atoms with Gasteiger partial charge in [-0.1, -0.05) is 5.21 Å². The van der Waals surface area contributed by atoms with Crippen LogP contribution in [0.3, 0.4) is 0 Å². The van der Waals surface area contributed by atoms with Gasteiger partial charge >= 0.3 is 0 Å². The molecule has 1 heterocycles. The zero-order chi connectivity index (χ0) is 9.42. The van der Waals surface area contributed by atoms with E-state index in [2.05, 4.69) is 10.3 Å². The fourth-order valence-electron chi connectivity index (χ4n) is 1.37. The van der Waals surface area contributed by atoms with Crippen molar-refractivity contribution in [2.24, 2.45) is 5.73 Å². The number of rotatable bonds is 3. The molecule has 0 aliphatic heterocycles. The molecule has 2 rings (SSSR count). The van der Waals surface area contributed by atoms with Crippen LogP contribution < -0.4 is 5.73 Å². The van der Waals surface area contributed by atoms with E-state index in [4.69, 9.17) is 5.73 Å². The first-order valence-electron chi connectivity index (χ1n) is 4.37. The quantitative estimate of drug-likeness (QED) is 0.708. The predicted octanol–water partition coefficient (Wildman–Crippen LogP) is -0.0508. The van der Waals surface area contributed by atoms with E-state index in [1.807, 2.05) is 11.6 Å². The predicted molar refractivity (Wildman–Crippen MR) is 45.9 cm³/mol. The van der Waals surface area contributed by atoms with E-state index < -0.39 is 0 Å². The Hall–Kier alpha value is -1.39. The first kappa shape index (κ1) is 8.22. The molecular formula is C8H12N4O. The third-order valence-electron chi connectivity index (χ3n) is 2.26. The van der Waals surface area contributed by atoms with Crippen LogP contribution in [0.15, 0.2) is 0 Å². The van der Waals surface area contributed by atoms with Crippen LogP contribution in [0.4, 0.5) is 0 Å². The second kappa shape index (κ2) is 2.83. The zero-order valence-electron chi connectivity index (χ0n) is 7.53. The Morgan fingerprint density at radius 3 is 2.92 bits per heavy atom. The molecule has 1 aliphatic rings. The van der Waals surface area contributed by atoms with E-state index in [9.17, 15) is 4.79 Å². The number of amides is 1. The Balaban J connectivity index is 2.22. The fraction of sp³-hybridized carbons (Fsp3) is 0.625. The third kappa shape index (κ3) is 1.54. The molecule has 5 nitrogen and oxygen atoms in total. The van der Waals surface area contributed by atoms with Crippen LogP contribution in [0.2, 0.25) is 0 Å². The lowest BCUT2D eigenvalue weighted by Crippen LogP contribution is -2.14. The highest BCUT2D eigenvalue weighted by atomic mass is 16.1. The highest BCUT2D eigenvalue weighted by Gasteiger charge is 2.27. The number of carbonyl (C=O) groups is 1. The molecule has 0 bridgehead atoms. The Kier molecular flexibility index (Phi) is 1.79. The number of nitrogens with two attached hydrogens (primary N) is 1. The van der Waals surface area contributed by atoms with Gasteiger partial charge in [-0.25, -0.2) is 4.68 Å². The van der Waals surface area contributed by atoms with Crippen molar-refractivity contribution in [3.63, 3.8) is 0 Å². The van der Waals surface area contributed by atoms with Crippen LogP contribution in [-0.4, -0.2) is 20.9 Å². The van der Waals surface area contributed by atoms with Crippen LogP contribution in [0.25, 0.3) is 0 Å². The summed E-state index contributed by atoms with van der Waals surface area (Å²) in [4.78, 5) is 10.7. The summed E-state index contributed by atoms with van der Waals surface area (Å²) < 4.78 is 1.89. The minimum absolute atomic E-state index is 0.193. The van der Waals surface area contributed by atoms with Crippen molar-refractivity contribution in [2.45, 2.75) is 32.2 Å². The van der Waals surface area contributed by atoms with Gasteiger partial charge in [-0.15, -0.1) is 5.10 Å². The monoisotopic (exact) mass is 180 g/mol. The molecule has 1 aromatic heterocycles. The Morgan fingerprint density at radius 2 is 2.38 bits per heavy atom. The maximum absolute atomic E-state index is 10.7. The third-order valence-corrected chi connectivity index (χ3v) is 2.26. The van der Waals surface area contributed by atoms with Gasteiger partial charge in [0, 0.05) is 0 Å². The largest absolute Gasteiger partial charge is 0.369 e. The maximum Gasteiger partial charge on any atom is 0.223 e. The summed E-state index contributed by atoms with van der Waals surface area (Å²) >= 11 is 0. The molecule has 0 unspecified atom stereocenters. The molecule has 1 amide bonds. The van der Waals surface area contributed by atoms with Gasteiger partial charge in [0.2, 0.25) is 5.91 Å². The van der Waals surface area contributed by atoms with Crippen molar-refractivity contribution in [3.05, 3.63) is 11.4 Å². The molecule has 1 saturated carbocycles. The second-order valence-corrected chi connectivity index (χ2v) is 3.44. The molecule has 0 atom stereocenters. The molecule has 13 heavy (non-hydrogen) atoms. The summed E-state index contributed by atoms with van der Waals surface area (Å²) in [5.74, 6) is -0.356. The number of hydrogen-bond acceptors (Lipinski definition) is 3. The van der Waals surface area contributed by atoms with Gasteiger partial charge < -0.3 is 5.73 Å². The minimum atomic E-state index is -0.356. The first-order valence-corrected chi connectivity index (χ1v) is 4.37. The fourth-order valence-corrected chi connectivity index (χ4v) is 1.37. The molecular weight excluding hydrogens is 168 g/mol. The van der Waals surface area contributed by atoms with Gasteiger partial charge in [-0.3, -0.25) is 4.79 Å². The summed E-state index contributed by atoms with van der Waals surface area (Å²) in [5, 5.41) is 7.92. The standard InChI is InChI=1S/C8H12N4O/c1-5-7(4-8(9)13)10-11-12(5)6-2-3-6/h6H,2-4H2,1H3,(H2,9,13). The van der Waals surface area contributed by atoms with E-state index >= 15 is 0 Å². The maximum atomic E-state index is 10.7. The number of hydrogen-bond donors (Lipinski definition) is 1. The highest BCUT2D eigenvalue weighted by Crippen LogP contribution is 2.35. The molecule has 5 heteroatoms. The lowest BCUT2D eigenvalue weighted by molar-refractivity contribution is -0.117. The molecule has 70 valence electrons. The summed E-state index contributed by atoms with van der Waals surface area (Å²) in [6.45, 7) is 1.93. The van der Waals surface area contributed by atoms with Crippen LogP contribution in [0, 0.1) is 6.92 Å². The smallest absolute Gasteiger partial charge is 0.223 e. The van der Waals surface area contributed by atoms with E-state index in [1.54, 1.807) is 0 Å². The molecule has 1 aromatic rings. The Morgan fingerprint density at radius 1 is 1.69 bits per heavy atom. The highest BCUT2D eigenvalue weighted by molar-refractivity contribution is 5.76. The van der Waals surface area contributed by atoms with E-state index in [1.165, 1.54) is 12.8 Å². The first-order chi connectivity index (χ1) is 6.18. The number of carbonyl (C=O) groups excluding carboxylic acids is 1. The lowest BCUT2D eigenvalue weighted by Gasteiger charge is -1.98. The van der Waals surface area contributed by atoms with Crippen molar-refractivity contribution >= 4 is 5.91 Å². The van der Waals surface area contributed by atoms with E-state index in [0.717, 1.165) is 5.69 Å². The number of aromatic nitrogens is 3. The van der Waals surface area contributed by atoms with Gasteiger partial charge in [0.25, 0.3) is 0 Å². The van der Waals surface area contributed by atoms with Crippen molar-refractivity contribution in [1.82, 2.24) is 15.0 Å². The molecule has 0 radical (unpaired) electrons. The van der Waals surface area contributed by atoms with Gasteiger partial charge in [0.05, 0.1) is 23.9 Å². The molecule has 2 N–H and O–H groups in total. The van der Waals surface area contributed by atoms with Gasteiger partial charge in [-0.05, 0) is 19.8 Å². The molecule has 0 spiro atoms. The summed E-state index contributed by atoms with van der Waals surface area (Å²) in [6, 6.07) is 0.508. The van der Waals surface area contributed by atoms with E-state index in [0.29, 0.717) is 11.7 Å². The molecule has 0 saturated heterocycles. The Bertz CT molecular complexity index is 340. The summed E-state index contributed by atoms with van der Waals surface area (Å²) in [5.41, 5.74) is 6.76. The van der Waals surface area contributed by atoms with Crippen molar-refractivity contribution in [1.29, 1.82) is 0 Å². The van der Waals surface area contributed by atoms with Crippen LogP contribution in [0.5, 0.6) is 0 Å². The topological polar surface area (TPSA) is 73.8 Å². The van der Waals surface area contributed by atoms with Crippen molar-refractivity contribution < 1.29 is 4.79 Å². The SMILES string of the molecule is Cc1c(CC(N)=O)nnn1C1CC1. The average molecular weight is 180 g/mol. The van der Waals surface area contributed by atoms with Gasteiger partial charge in [-0.2, -0.15) is 0 Å². The second-order valence-electron chi connectivity index (χ2n) is 3.44. The molecule has 0 aromatic carbocycles. The molecule has 1 aliphatic carbocycles. The number of nitrogens with zero attached hydrogens (tertiary/aromatic N) is 3. The lowest BCUT2D eigenvalue weighted by atomic mass is 10.2.